The van der Waals surface area contributed by atoms with Crippen molar-refractivity contribution in [3.63, 3.8) is 0 Å². The molecule has 0 spiro atoms. The molecule has 0 radical (unpaired) electrons. The maximum Gasteiger partial charge on any atom is 0.195 e. The van der Waals surface area contributed by atoms with Crippen LogP contribution in [0.4, 0.5) is 13.2 Å². The second-order valence-electron chi connectivity index (χ2n) is 4.13. The summed E-state index contributed by atoms with van der Waals surface area (Å²) in [5, 5.41) is 0. The zero-order valence-electron chi connectivity index (χ0n) is 10.00. The van der Waals surface area contributed by atoms with Crippen LogP contribution >= 0.6 is 0 Å². The summed E-state index contributed by atoms with van der Waals surface area (Å²) in [6.45, 7) is 0. The molecule has 0 aliphatic rings. The van der Waals surface area contributed by atoms with Crippen LogP contribution in [0.2, 0.25) is 0 Å². The maximum absolute atomic E-state index is 13.4. The lowest BCUT2D eigenvalue weighted by molar-refractivity contribution is 0.0977. The minimum absolute atomic E-state index is 0.0476. The van der Waals surface area contributed by atoms with E-state index in [1.807, 2.05) is 30.3 Å². The second-order valence-corrected chi connectivity index (χ2v) is 4.13. The van der Waals surface area contributed by atoms with Crippen LogP contribution in [-0.2, 0) is 6.42 Å². The molecule has 0 atom stereocenters. The van der Waals surface area contributed by atoms with E-state index in [-0.39, 0.29) is 6.42 Å². The lowest BCUT2D eigenvalue weighted by Gasteiger charge is -2.04. The lowest BCUT2D eigenvalue weighted by atomic mass is 10.0. The summed E-state index contributed by atoms with van der Waals surface area (Å²) in [6.07, 6.45) is 0.476. The molecule has 0 bridgehead atoms. The van der Waals surface area contributed by atoms with Gasteiger partial charge in [-0.15, -0.1) is 0 Å². The van der Waals surface area contributed by atoms with Crippen molar-refractivity contribution in [2.45, 2.75) is 12.8 Å². The largest absolute Gasteiger partial charge is 0.294 e. The van der Waals surface area contributed by atoms with Crippen molar-refractivity contribution in [1.82, 2.24) is 0 Å². The topological polar surface area (TPSA) is 17.1 Å². The molecule has 0 amide bonds. The third kappa shape index (κ3) is 3.02. The van der Waals surface area contributed by atoms with Gasteiger partial charge in [0, 0.05) is 6.42 Å². The van der Waals surface area contributed by atoms with Gasteiger partial charge in [0.1, 0.15) is 0 Å². The van der Waals surface area contributed by atoms with E-state index >= 15 is 0 Å². The summed E-state index contributed by atoms with van der Waals surface area (Å²) in [4.78, 5) is 11.8. The van der Waals surface area contributed by atoms with Crippen LogP contribution in [0.1, 0.15) is 22.3 Å². The van der Waals surface area contributed by atoms with Gasteiger partial charge in [-0.25, -0.2) is 13.2 Å². The summed E-state index contributed by atoms with van der Waals surface area (Å²) in [6, 6.07) is 10.9. The average molecular weight is 264 g/mol. The van der Waals surface area contributed by atoms with Gasteiger partial charge in [0.05, 0.1) is 5.56 Å². The van der Waals surface area contributed by atoms with Gasteiger partial charge in [0.2, 0.25) is 0 Å². The van der Waals surface area contributed by atoms with E-state index in [1.54, 1.807) is 0 Å². The summed E-state index contributed by atoms with van der Waals surface area (Å²) >= 11 is 0. The average Bonchev–Trinajstić information content (AvgIpc) is 2.43. The van der Waals surface area contributed by atoms with Crippen molar-refractivity contribution in [3.05, 3.63) is 71.0 Å². The molecule has 1 nitrogen and oxygen atoms in total. The van der Waals surface area contributed by atoms with Gasteiger partial charge in [0.15, 0.2) is 23.2 Å². The molecule has 0 saturated carbocycles. The van der Waals surface area contributed by atoms with Crippen LogP contribution in [0.3, 0.4) is 0 Å². The third-order valence-corrected chi connectivity index (χ3v) is 2.82. The number of carbonyl (C=O) groups is 1. The third-order valence-electron chi connectivity index (χ3n) is 2.82. The fraction of sp³-hybridized carbons (Fsp3) is 0.133. The molecular formula is C15H11F3O. The number of hydrogen-bond donors (Lipinski definition) is 0. The number of hydrogen-bond acceptors (Lipinski definition) is 1. The normalized spacial score (nSPS) is 10.5. The Bertz CT molecular complexity index is 594. The van der Waals surface area contributed by atoms with Crippen molar-refractivity contribution >= 4 is 5.78 Å². The van der Waals surface area contributed by atoms with Crippen molar-refractivity contribution in [2.24, 2.45) is 0 Å². The highest BCUT2D eigenvalue weighted by Crippen LogP contribution is 2.17. The van der Waals surface area contributed by atoms with E-state index in [1.165, 1.54) is 0 Å². The Morgan fingerprint density at radius 3 is 2.26 bits per heavy atom. The number of aryl methyl sites for hydroxylation is 1. The van der Waals surface area contributed by atoms with Gasteiger partial charge in [-0.3, -0.25) is 4.79 Å². The molecule has 0 heterocycles. The van der Waals surface area contributed by atoms with E-state index < -0.39 is 28.8 Å². The highest BCUT2D eigenvalue weighted by atomic mass is 19.2. The standard InChI is InChI=1S/C15H11F3O/c16-12-8-7-11(14(17)15(12)18)13(19)9-6-10-4-2-1-3-5-10/h1-5,7-8H,6,9H2. The number of benzene rings is 2. The predicted octanol–water partition coefficient (Wildman–Crippen LogP) is 3.92. The van der Waals surface area contributed by atoms with Gasteiger partial charge in [-0.05, 0) is 24.1 Å². The fourth-order valence-electron chi connectivity index (χ4n) is 1.78. The first-order valence-electron chi connectivity index (χ1n) is 5.80. The molecule has 0 saturated heterocycles. The highest BCUT2D eigenvalue weighted by Gasteiger charge is 2.18. The van der Waals surface area contributed by atoms with Crippen LogP contribution in [0.25, 0.3) is 0 Å². The summed E-state index contributed by atoms with van der Waals surface area (Å²) in [7, 11) is 0. The monoisotopic (exact) mass is 264 g/mol. The number of ketones is 1. The summed E-state index contributed by atoms with van der Waals surface area (Å²) in [5.74, 6) is -4.86. The molecule has 0 aliphatic carbocycles. The van der Waals surface area contributed by atoms with Crippen LogP contribution < -0.4 is 0 Å². The van der Waals surface area contributed by atoms with E-state index in [4.69, 9.17) is 0 Å². The first-order chi connectivity index (χ1) is 9.09. The molecule has 98 valence electrons. The maximum atomic E-state index is 13.4. The molecule has 2 rings (SSSR count). The smallest absolute Gasteiger partial charge is 0.195 e. The van der Waals surface area contributed by atoms with E-state index in [0.29, 0.717) is 6.42 Å². The minimum Gasteiger partial charge on any atom is -0.294 e. The molecule has 0 N–H and O–H groups in total. The SMILES string of the molecule is O=C(CCc1ccccc1)c1ccc(F)c(F)c1F. The van der Waals surface area contributed by atoms with Crippen LogP contribution in [0.15, 0.2) is 42.5 Å². The zero-order chi connectivity index (χ0) is 13.8. The van der Waals surface area contributed by atoms with Crippen molar-refractivity contribution in [1.29, 1.82) is 0 Å². The van der Waals surface area contributed by atoms with Gasteiger partial charge < -0.3 is 0 Å². The Balaban J connectivity index is 2.11. The molecular weight excluding hydrogens is 253 g/mol. The predicted molar refractivity (Wildman–Crippen MR) is 65.4 cm³/mol. The Morgan fingerprint density at radius 2 is 1.58 bits per heavy atom. The van der Waals surface area contributed by atoms with Crippen molar-refractivity contribution < 1.29 is 18.0 Å². The van der Waals surface area contributed by atoms with Crippen LogP contribution in [0.5, 0.6) is 0 Å². The molecule has 19 heavy (non-hydrogen) atoms. The number of halogens is 3. The fourth-order valence-corrected chi connectivity index (χ4v) is 1.78. The van der Waals surface area contributed by atoms with Crippen LogP contribution in [0, 0.1) is 17.5 Å². The quantitative estimate of drug-likeness (QED) is 0.604. The first kappa shape index (κ1) is 13.3. The molecule has 0 fully saturated rings. The van der Waals surface area contributed by atoms with Gasteiger partial charge in [-0.1, -0.05) is 30.3 Å². The second kappa shape index (κ2) is 5.69. The van der Waals surface area contributed by atoms with E-state index in [9.17, 15) is 18.0 Å². The zero-order valence-corrected chi connectivity index (χ0v) is 10.00. The van der Waals surface area contributed by atoms with Gasteiger partial charge in [0.25, 0.3) is 0 Å². The Hall–Kier alpha value is -2.10. The van der Waals surface area contributed by atoms with Gasteiger partial charge >= 0.3 is 0 Å². The van der Waals surface area contributed by atoms with Crippen molar-refractivity contribution in [2.75, 3.05) is 0 Å². The summed E-state index contributed by atoms with van der Waals surface area (Å²) in [5.41, 5.74) is 0.522. The number of rotatable bonds is 4. The highest BCUT2D eigenvalue weighted by molar-refractivity contribution is 5.96. The minimum atomic E-state index is -1.61. The van der Waals surface area contributed by atoms with Gasteiger partial charge in [-0.2, -0.15) is 0 Å². The Labute approximate surface area is 108 Å². The Morgan fingerprint density at radius 1 is 0.895 bits per heavy atom. The van der Waals surface area contributed by atoms with E-state index in [0.717, 1.165) is 17.7 Å². The Kier molecular flexibility index (Phi) is 4.00. The molecule has 2 aromatic carbocycles. The molecule has 0 aromatic heterocycles. The number of Topliss-reactive ketones (excluding diaryl/α,β-unsaturated/α-hetero) is 1. The molecule has 2 aromatic rings. The molecule has 0 aliphatic heterocycles. The first-order valence-corrected chi connectivity index (χ1v) is 5.80. The molecule has 4 heteroatoms. The number of carbonyl (C=O) groups excluding carboxylic acids is 1. The van der Waals surface area contributed by atoms with E-state index in [2.05, 4.69) is 0 Å². The lowest BCUT2D eigenvalue weighted by Crippen LogP contribution is -2.07. The van der Waals surface area contributed by atoms with Crippen LogP contribution in [-0.4, -0.2) is 5.78 Å². The molecule has 0 unspecified atom stereocenters. The summed E-state index contributed by atoms with van der Waals surface area (Å²) < 4.78 is 39.2. The van der Waals surface area contributed by atoms with Crippen molar-refractivity contribution in [3.8, 4) is 0 Å².